The summed E-state index contributed by atoms with van der Waals surface area (Å²) in [5, 5.41) is 0.687. The normalized spacial score (nSPS) is 12.2. The molecule has 1 atom stereocenters. The molecule has 0 saturated carbocycles. The van der Waals surface area contributed by atoms with Crippen LogP contribution in [0.3, 0.4) is 0 Å². The van der Waals surface area contributed by atoms with Gasteiger partial charge in [-0.15, -0.1) is 0 Å². The van der Waals surface area contributed by atoms with Crippen molar-refractivity contribution in [3.8, 4) is 5.75 Å². The maximum atomic E-state index is 6.17. The fourth-order valence-corrected chi connectivity index (χ4v) is 2.29. The number of rotatable bonds is 6. The molecule has 1 aromatic carbocycles. The molecule has 0 amide bonds. The molecule has 1 aromatic heterocycles. The fraction of sp³-hybridized carbons (Fsp3) is 0.312. The molecule has 0 aliphatic rings. The number of hydrogen-bond acceptors (Lipinski definition) is 3. The first-order valence-electron chi connectivity index (χ1n) is 6.66. The molecule has 1 heterocycles. The first kappa shape index (κ1) is 14.8. The molecule has 0 aliphatic heterocycles. The second-order valence-corrected chi connectivity index (χ2v) is 5.23. The van der Waals surface area contributed by atoms with Crippen molar-refractivity contribution in [1.82, 2.24) is 4.98 Å². The van der Waals surface area contributed by atoms with E-state index in [9.17, 15) is 0 Å². The quantitative estimate of drug-likeness (QED) is 0.888. The number of benzene rings is 1. The Kier molecular flexibility index (Phi) is 5.39. The monoisotopic (exact) mass is 290 g/mol. The zero-order valence-electron chi connectivity index (χ0n) is 11.6. The van der Waals surface area contributed by atoms with Gasteiger partial charge in [0.05, 0.1) is 12.1 Å². The topological polar surface area (TPSA) is 48.1 Å². The van der Waals surface area contributed by atoms with Crippen LogP contribution >= 0.6 is 11.6 Å². The van der Waals surface area contributed by atoms with Crippen LogP contribution in [0, 0.1) is 0 Å². The van der Waals surface area contributed by atoms with Crippen LogP contribution in [0.5, 0.6) is 5.75 Å². The molecule has 3 nitrogen and oxygen atoms in total. The molecule has 4 heteroatoms. The highest BCUT2D eigenvalue weighted by atomic mass is 35.5. The molecule has 106 valence electrons. The summed E-state index contributed by atoms with van der Waals surface area (Å²) in [4.78, 5) is 3.98. The third-order valence-corrected chi connectivity index (χ3v) is 3.64. The summed E-state index contributed by atoms with van der Waals surface area (Å²) in [6.07, 6.45) is 6.06. The maximum absolute atomic E-state index is 6.17. The van der Waals surface area contributed by atoms with Gasteiger partial charge in [0.1, 0.15) is 5.75 Å². The molecule has 2 N–H and O–H groups in total. The van der Waals surface area contributed by atoms with Crippen LogP contribution in [0.1, 0.15) is 17.5 Å². The van der Waals surface area contributed by atoms with E-state index in [1.54, 1.807) is 19.5 Å². The van der Waals surface area contributed by atoms with Crippen LogP contribution in [-0.4, -0.2) is 18.1 Å². The van der Waals surface area contributed by atoms with E-state index < -0.39 is 0 Å². The van der Waals surface area contributed by atoms with Gasteiger partial charge in [-0.3, -0.25) is 4.98 Å². The van der Waals surface area contributed by atoms with Crippen molar-refractivity contribution in [3.63, 3.8) is 0 Å². The van der Waals surface area contributed by atoms with Crippen molar-refractivity contribution in [2.24, 2.45) is 5.73 Å². The molecule has 0 saturated heterocycles. The maximum Gasteiger partial charge on any atom is 0.118 e. The molecule has 1 unspecified atom stereocenters. The zero-order valence-corrected chi connectivity index (χ0v) is 12.3. The Morgan fingerprint density at radius 2 is 2.00 bits per heavy atom. The third-order valence-electron chi connectivity index (χ3n) is 3.30. The minimum atomic E-state index is 0.0944. The lowest BCUT2D eigenvalue weighted by molar-refractivity contribution is 0.414. The number of pyridine rings is 1. The highest BCUT2D eigenvalue weighted by Gasteiger charge is 2.07. The minimum Gasteiger partial charge on any atom is -0.497 e. The number of aryl methyl sites for hydroxylation is 1. The van der Waals surface area contributed by atoms with Gasteiger partial charge in [-0.25, -0.2) is 0 Å². The van der Waals surface area contributed by atoms with Gasteiger partial charge < -0.3 is 10.5 Å². The number of ether oxygens (including phenoxy) is 1. The van der Waals surface area contributed by atoms with Crippen molar-refractivity contribution >= 4 is 11.6 Å². The molecule has 20 heavy (non-hydrogen) atoms. The van der Waals surface area contributed by atoms with Crippen molar-refractivity contribution < 1.29 is 4.74 Å². The van der Waals surface area contributed by atoms with Gasteiger partial charge in [0, 0.05) is 18.4 Å². The Bertz CT molecular complexity index is 542. The SMILES string of the molecule is COc1ccc(CCC(N)Cc2ccncc2Cl)cc1. The van der Waals surface area contributed by atoms with Crippen molar-refractivity contribution in [2.45, 2.75) is 25.3 Å². The zero-order chi connectivity index (χ0) is 14.4. The second-order valence-electron chi connectivity index (χ2n) is 4.82. The van der Waals surface area contributed by atoms with E-state index in [1.807, 2.05) is 18.2 Å². The summed E-state index contributed by atoms with van der Waals surface area (Å²) >= 11 is 6.09. The average molecular weight is 291 g/mol. The van der Waals surface area contributed by atoms with Gasteiger partial charge in [-0.05, 0) is 48.6 Å². The summed E-state index contributed by atoms with van der Waals surface area (Å²) in [6, 6.07) is 10.1. The van der Waals surface area contributed by atoms with Crippen molar-refractivity contribution in [2.75, 3.05) is 7.11 Å². The number of hydrogen-bond donors (Lipinski definition) is 1. The molecule has 0 spiro atoms. The van der Waals surface area contributed by atoms with Gasteiger partial charge in [0.2, 0.25) is 0 Å². The lowest BCUT2D eigenvalue weighted by atomic mass is 10.0. The van der Waals surface area contributed by atoms with Crippen LogP contribution in [-0.2, 0) is 12.8 Å². The highest BCUT2D eigenvalue weighted by Crippen LogP contribution is 2.17. The molecule has 0 radical (unpaired) electrons. The van der Waals surface area contributed by atoms with Gasteiger partial charge >= 0.3 is 0 Å². The van der Waals surface area contributed by atoms with Crippen LogP contribution in [0.4, 0.5) is 0 Å². The van der Waals surface area contributed by atoms with Crippen molar-refractivity contribution in [3.05, 3.63) is 58.9 Å². The van der Waals surface area contributed by atoms with E-state index in [4.69, 9.17) is 22.1 Å². The van der Waals surface area contributed by atoms with Crippen LogP contribution in [0.15, 0.2) is 42.7 Å². The number of nitrogens with two attached hydrogens (primary N) is 1. The second kappa shape index (κ2) is 7.27. The van der Waals surface area contributed by atoms with Crippen molar-refractivity contribution in [1.29, 1.82) is 0 Å². The summed E-state index contributed by atoms with van der Waals surface area (Å²) in [6.45, 7) is 0. The predicted octanol–water partition coefficient (Wildman–Crippen LogP) is 3.25. The Labute approximate surface area is 124 Å². The van der Waals surface area contributed by atoms with E-state index >= 15 is 0 Å². The highest BCUT2D eigenvalue weighted by molar-refractivity contribution is 6.31. The van der Waals surface area contributed by atoms with Crippen LogP contribution in [0.2, 0.25) is 5.02 Å². The number of halogens is 1. The molecular formula is C16H19ClN2O. The van der Waals surface area contributed by atoms with E-state index in [0.717, 1.165) is 30.6 Å². The summed E-state index contributed by atoms with van der Waals surface area (Å²) < 4.78 is 5.14. The van der Waals surface area contributed by atoms with E-state index in [2.05, 4.69) is 17.1 Å². The Morgan fingerprint density at radius 3 is 2.65 bits per heavy atom. The Morgan fingerprint density at radius 1 is 1.25 bits per heavy atom. The molecule has 2 aromatic rings. The standard InChI is InChI=1S/C16H19ClN2O/c1-20-15-6-3-12(4-7-15)2-5-14(18)10-13-8-9-19-11-16(13)17/h3-4,6-9,11,14H,2,5,10,18H2,1H3. The predicted molar refractivity (Wildman–Crippen MR) is 82.2 cm³/mol. The van der Waals surface area contributed by atoms with Gasteiger partial charge in [-0.2, -0.15) is 0 Å². The third kappa shape index (κ3) is 4.22. The Hall–Kier alpha value is -1.58. The molecule has 2 rings (SSSR count). The summed E-state index contributed by atoms with van der Waals surface area (Å²) in [5.74, 6) is 0.876. The first-order chi connectivity index (χ1) is 9.69. The smallest absolute Gasteiger partial charge is 0.118 e. The molecular weight excluding hydrogens is 272 g/mol. The van der Waals surface area contributed by atoms with Gasteiger partial charge in [0.15, 0.2) is 0 Å². The molecule has 0 aliphatic carbocycles. The average Bonchev–Trinajstić information content (AvgIpc) is 2.48. The largest absolute Gasteiger partial charge is 0.497 e. The number of nitrogens with zero attached hydrogens (tertiary/aromatic N) is 1. The minimum absolute atomic E-state index is 0.0944. The van der Waals surface area contributed by atoms with E-state index in [-0.39, 0.29) is 6.04 Å². The fourth-order valence-electron chi connectivity index (χ4n) is 2.10. The summed E-state index contributed by atoms with van der Waals surface area (Å²) in [5.41, 5.74) is 8.50. The Balaban J connectivity index is 1.85. The number of methoxy groups -OCH3 is 1. The van der Waals surface area contributed by atoms with Gasteiger partial charge in [0.25, 0.3) is 0 Å². The van der Waals surface area contributed by atoms with Crippen LogP contribution in [0.25, 0.3) is 0 Å². The van der Waals surface area contributed by atoms with Crippen LogP contribution < -0.4 is 10.5 Å². The van der Waals surface area contributed by atoms with Gasteiger partial charge in [-0.1, -0.05) is 23.7 Å². The summed E-state index contributed by atoms with van der Waals surface area (Å²) in [7, 11) is 1.67. The lowest BCUT2D eigenvalue weighted by Gasteiger charge is -2.12. The van der Waals surface area contributed by atoms with E-state index in [0.29, 0.717) is 5.02 Å². The number of aromatic nitrogens is 1. The molecule has 0 fully saturated rings. The molecule has 0 bridgehead atoms. The van der Waals surface area contributed by atoms with E-state index in [1.165, 1.54) is 5.56 Å². The first-order valence-corrected chi connectivity index (χ1v) is 7.03. The lowest BCUT2D eigenvalue weighted by Crippen LogP contribution is -2.23.